The standard InChI is InChI=1S/C13H16ClFO/c1-9-7-13(15)4-3-11(9)8-12(5-6-14)10(2)16/h3-4,7,12H,5-6,8H2,1-2H3. The lowest BCUT2D eigenvalue weighted by atomic mass is 9.91. The van der Waals surface area contributed by atoms with Crippen LogP contribution >= 0.6 is 11.6 Å². The van der Waals surface area contributed by atoms with Gasteiger partial charge in [-0.05, 0) is 49.9 Å². The fourth-order valence-corrected chi connectivity index (χ4v) is 2.00. The third kappa shape index (κ3) is 3.60. The van der Waals surface area contributed by atoms with Crippen LogP contribution in [-0.2, 0) is 11.2 Å². The van der Waals surface area contributed by atoms with Gasteiger partial charge >= 0.3 is 0 Å². The Balaban J connectivity index is 2.81. The quantitative estimate of drug-likeness (QED) is 0.723. The van der Waals surface area contributed by atoms with E-state index in [0.29, 0.717) is 18.7 Å². The zero-order chi connectivity index (χ0) is 12.1. The summed E-state index contributed by atoms with van der Waals surface area (Å²) in [4.78, 5) is 11.4. The molecule has 0 aliphatic heterocycles. The highest BCUT2D eigenvalue weighted by Gasteiger charge is 2.15. The molecule has 0 fully saturated rings. The van der Waals surface area contributed by atoms with Gasteiger partial charge in [-0.3, -0.25) is 4.79 Å². The Bertz CT molecular complexity index is 376. The lowest BCUT2D eigenvalue weighted by Gasteiger charge is -2.13. The highest BCUT2D eigenvalue weighted by atomic mass is 35.5. The first-order valence-corrected chi connectivity index (χ1v) is 5.89. The van der Waals surface area contributed by atoms with Crippen molar-refractivity contribution in [3.05, 3.63) is 35.1 Å². The predicted octanol–water partition coefficient (Wildman–Crippen LogP) is 3.51. The van der Waals surface area contributed by atoms with Crippen molar-refractivity contribution in [2.75, 3.05) is 5.88 Å². The van der Waals surface area contributed by atoms with Gasteiger partial charge in [-0.2, -0.15) is 0 Å². The molecule has 0 saturated carbocycles. The molecule has 88 valence electrons. The number of rotatable bonds is 5. The highest BCUT2D eigenvalue weighted by molar-refractivity contribution is 6.18. The maximum atomic E-state index is 12.9. The minimum atomic E-state index is -0.238. The zero-order valence-corrected chi connectivity index (χ0v) is 10.4. The van der Waals surface area contributed by atoms with Gasteiger partial charge < -0.3 is 0 Å². The molecule has 0 spiro atoms. The summed E-state index contributed by atoms with van der Waals surface area (Å²) in [5, 5.41) is 0. The summed E-state index contributed by atoms with van der Waals surface area (Å²) in [5.74, 6) is 0.328. The molecular weight excluding hydrogens is 227 g/mol. The monoisotopic (exact) mass is 242 g/mol. The molecule has 0 aliphatic rings. The molecule has 0 heterocycles. The molecule has 3 heteroatoms. The molecule has 0 radical (unpaired) electrons. The van der Waals surface area contributed by atoms with E-state index >= 15 is 0 Å². The van der Waals surface area contributed by atoms with Crippen LogP contribution in [0.3, 0.4) is 0 Å². The van der Waals surface area contributed by atoms with Gasteiger partial charge in [-0.15, -0.1) is 11.6 Å². The fourth-order valence-electron chi connectivity index (χ4n) is 1.73. The maximum absolute atomic E-state index is 12.9. The number of ketones is 1. The van der Waals surface area contributed by atoms with E-state index in [1.54, 1.807) is 13.0 Å². The number of aryl methyl sites for hydroxylation is 1. The molecule has 1 atom stereocenters. The van der Waals surface area contributed by atoms with Crippen molar-refractivity contribution in [2.24, 2.45) is 5.92 Å². The largest absolute Gasteiger partial charge is 0.300 e. The number of carbonyl (C=O) groups excluding carboxylic acids is 1. The van der Waals surface area contributed by atoms with Crippen molar-refractivity contribution in [3.63, 3.8) is 0 Å². The number of Topliss-reactive ketones (excluding diaryl/α,β-unsaturated/α-hetero) is 1. The minimum Gasteiger partial charge on any atom is -0.300 e. The number of halogens is 2. The van der Waals surface area contributed by atoms with Crippen LogP contribution < -0.4 is 0 Å². The van der Waals surface area contributed by atoms with Crippen molar-refractivity contribution in [1.82, 2.24) is 0 Å². The molecule has 0 aromatic heterocycles. The minimum absolute atomic E-state index is 0.0540. The van der Waals surface area contributed by atoms with Crippen LogP contribution in [-0.4, -0.2) is 11.7 Å². The molecule has 0 bridgehead atoms. The molecule has 1 rings (SSSR count). The molecule has 0 N–H and O–H groups in total. The van der Waals surface area contributed by atoms with Crippen LogP contribution in [0.1, 0.15) is 24.5 Å². The van der Waals surface area contributed by atoms with Crippen molar-refractivity contribution >= 4 is 17.4 Å². The van der Waals surface area contributed by atoms with E-state index in [1.165, 1.54) is 12.1 Å². The van der Waals surface area contributed by atoms with E-state index < -0.39 is 0 Å². The van der Waals surface area contributed by atoms with Crippen molar-refractivity contribution in [2.45, 2.75) is 26.7 Å². The molecule has 1 aromatic rings. The Morgan fingerprint density at radius 2 is 2.19 bits per heavy atom. The van der Waals surface area contributed by atoms with Crippen molar-refractivity contribution < 1.29 is 9.18 Å². The van der Waals surface area contributed by atoms with Crippen molar-refractivity contribution in [3.8, 4) is 0 Å². The van der Waals surface area contributed by atoms with Crippen LogP contribution in [0.2, 0.25) is 0 Å². The number of hydrogen-bond acceptors (Lipinski definition) is 1. The van der Waals surface area contributed by atoms with E-state index in [4.69, 9.17) is 11.6 Å². The Morgan fingerprint density at radius 1 is 1.50 bits per heavy atom. The molecule has 1 nitrogen and oxygen atoms in total. The number of carbonyl (C=O) groups is 1. The van der Waals surface area contributed by atoms with Gasteiger partial charge in [-0.1, -0.05) is 6.07 Å². The number of hydrogen-bond donors (Lipinski definition) is 0. The maximum Gasteiger partial charge on any atom is 0.133 e. The van der Waals surface area contributed by atoms with Gasteiger partial charge in [0.25, 0.3) is 0 Å². The topological polar surface area (TPSA) is 17.1 Å². The van der Waals surface area contributed by atoms with Gasteiger partial charge in [0.1, 0.15) is 11.6 Å². The van der Waals surface area contributed by atoms with Gasteiger partial charge in [-0.25, -0.2) is 4.39 Å². The van der Waals surface area contributed by atoms with Crippen LogP contribution in [0.4, 0.5) is 4.39 Å². The lowest BCUT2D eigenvalue weighted by molar-refractivity contribution is -0.120. The first-order chi connectivity index (χ1) is 7.54. The van der Waals surface area contributed by atoms with Crippen molar-refractivity contribution in [1.29, 1.82) is 0 Å². The van der Waals surface area contributed by atoms with E-state index in [0.717, 1.165) is 11.1 Å². The summed E-state index contributed by atoms with van der Waals surface area (Å²) in [5.41, 5.74) is 1.91. The molecule has 1 unspecified atom stereocenters. The molecule has 1 aromatic carbocycles. The Morgan fingerprint density at radius 3 is 2.69 bits per heavy atom. The summed E-state index contributed by atoms with van der Waals surface area (Å²) >= 11 is 5.66. The summed E-state index contributed by atoms with van der Waals surface area (Å²) in [7, 11) is 0. The van der Waals surface area contributed by atoms with E-state index in [-0.39, 0.29) is 17.5 Å². The Hall–Kier alpha value is -0.890. The molecule has 0 amide bonds. The van der Waals surface area contributed by atoms with Crippen LogP contribution in [0.25, 0.3) is 0 Å². The average Bonchev–Trinajstić information content (AvgIpc) is 2.20. The van der Waals surface area contributed by atoms with E-state index in [9.17, 15) is 9.18 Å². The summed E-state index contributed by atoms with van der Waals surface area (Å²) in [6, 6.07) is 4.67. The molecule has 16 heavy (non-hydrogen) atoms. The van der Waals surface area contributed by atoms with E-state index in [1.807, 2.05) is 6.92 Å². The summed E-state index contributed by atoms with van der Waals surface area (Å²) in [6.45, 7) is 3.44. The Kier molecular flexibility index (Phi) is 4.94. The van der Waals surface area contributed by atoms with Crippen LogP contribution in [0, 0.1) is 18.7 Å². The van der Waals surface area contributed by atoms with E-state index in [2.05, 4.69) is 0 Å². The second-order valence-electron chi connectivity index (χ2n) is 4.06. The van der Waals surface area contributed by atoms with Crippen LogP contribution in [0.15, 0.2) is 18.2 Å². The summed E-state index contributed by atoms with van der Waals surface area (Å²) in [6.07, 6.45) is 1.32. The molecule has 0 saturated heterocycles. The summed E-state index contributed by atoms with van der Waals surface area (Å²) < 4.78 is 12.9. The predicted molar refractivity (Wildman–Crippen MR) is 64.3 cm³/mol. The Labute approximate surface area is 101 Å². The molecule has 0 aliphatic carbocycles. The fraction of sp³-hybridized carbons (Fsp3) is 0.462. The van der Waals surface area contributed by atoms with Gasteiger partial charge in [0.05, 0.1) is 0 Å². The third-order valence-corrected chi connectivity index (χ3v) is 3.02. The first-order valence-electron chi connectivity index (χ1n) is 5.36. The van der Waals surface area contributed by atoms with Crippen LogP contribution in [0.5, 0.6) is 0 Å². The third-order valence-electron chi connectivity index (χ3n) is 2.80. The SMILES string of the molecule is CC(=O)C(CCCl)Cc1ccc(F)cc1C. The highest BCUT2D eigenvalue weighted by Crippen LogP contribution is 2.18. The van der Waals surface area contributed by atoms with Gasteiger partial charge in [0, 0.05) is 11.8 Å². The van der Waals surface area contributed by atoms with Gasteiger partial charge in [0.2, 0.25) is 0 Å². The lowest BCUT2D eigenvalue weighted by Crippen LogP contribution is -2.15. The number of benzene rings is 1. The second kappa shape index (κ2) is 6.00. The van der Waals surface area contributed by atoms with Gasteiger partial charge in [0.15, 0.2) is 0 Å². The zero-order valence-electron chi connectivity index (χ0n) is 9.59. The molecular formula is C13H16ClFO. The smallest absolute Gasteiger partial charge is 0.133 e. The average molecular weight is 243 g/mol. The number of alkyl halides is 1. The second-order valence-corrected chi connectivity index (χ2v) is 4.44. The first kappa shape index (κ1) is 13.2. The normalized spacial score (nSPS) is 12.5.